The average Bonchev–Trinajstić information content (AvgIpc) is 2.52. The fourth-order valence-corrected chi connectivity index (χ4v) is 2.21. The van der Waals surface area contributed by atoms with Gasteiger partial charge in [0, 0.05) is 18.2 Å². The van der Waals surface area contributed by atoms with Gasteiger partial charge in [0.2, 0.25) is 5.43 Å². The number of ketones is 1. The monoisotopic (exact) mass is 343 g/mol. The van der Waals surface area contributed by atoms with E-state index in [2.05, 4.69) is 16.3 Å². The molecular weight excluding hydrogens is 320 g/mol. The van der Waals surface area contributed by atoms with Gasteiger partial charge in [-0.3, -0.25) is 9.59 Å². The molecule has 0 aliphatic rings. The van der Waals surface area contributed by atoms with Crippen molar-refractivity contribution in [3.63, 3.8) is 0 Å². The van der Waals surface area contributed by atoms with E-state index in [0.29, 0.717) is 37.8 Å². The molecule has 0 unspecified atom stereocenters. The molecule has 0 bridgehead atoms. The summed E-state index contributed by atoms with van der Waals surface area (Å²) in [7, 11) is 1.35. The first-order valence-corrected chi connectivity index (χ1v) is 7.78. The molecule has 0 amide bonds. The summed E-state index contributed by atoms with van der Waals surface area (Å²) in [5, 5.41) is 0. The molecule has 0 spiro atoms. The Morgan fingerprint density at radius 1 is 1.33 bits per heavy atom. The lowest BCUT2D eigenvalue weighted by Crippen LogP contribution is -2.16. The molecule has 1 N–H and O–H groups in total. The van der Waals surface area contributed by atoms with Crippen LogP contribution in [0, 0.1) is 0 Å². The van der Waals surface area contributed by atoms with Crippen molar-refractivity contribution in [3.8, 4) is 5.75 Å². The number of methoxy groups -OCH3 is 1. The summed E-state index contributed by atoms with van der Waals surface area (Å²) in [5.41, 5.74) is 1.12. The van der Waals surface area contributed by atoms with Crippen LogP contribution in [0.1, 0.15) is 48.8 Å². The van der Waals surface area contributed by atoms with Crippen molar-refractivity contribution >= 4 is 5.78 Å². The molecule has 0 radical (unpaired) electrons. The largest absolute Gasteiger partial charge is 0.491 e. The van der Waals surface area contributed by atoms with Crippen LogP contribution in [0.15, 0.2) is 23.0 Å². The Hall–Kier alpha value is -2.02. The minimum absolute atomic E-state index is 0.0151. The number of ether oxygens (including phenoxy) is 2. The maximum absolute atomic E-state index is 12.1. The van der Waals surface area contributed by atoms with Crippen molar-refractivity contribution in [2.45, 2.75) is 45.6 Å². The molecule has 0 saturated heterocycles. The molecule has 0 fully saturated rings. The Kier molecular flexibility index (Phi) is 8.32. The number of halogens is 2. The highest BCUT2D eigenvalue weighted by Crippen LogP contribution is 2.16. The normalized spacial score (nSPS) is 10.9. The van der Waals surface area contributed by atoms with Gasteiger partial charge in [-0.1, -0.05) is 19.1 Å². The molecule has 7 heteroatoms. The molecule has 0 aromatic carbocycles. The third-order valence-corrected chi connectivity index (χ3v) is 3.45. The number of Topliss-reactive ketones (excluding diaryl/α,β-unsaturated/α-hetero) is 1. The second-order valence-electron chi connectivity index (χ2n) is 5.37. The number of nitrogens with one attached hydrogen (secondary N) is 1. The number of hydrogen-bond acceptors (Lipinski definition) is 4. The predicted octanol–water partition coefficient (Wildman–Crippen LogP) is 3.48. The quantitative estimate of drug-likeness (QED) is 0.493. The number of rotatable bonds is 11. The molecule has 1 aromatic rings. The summed E-state index contributed by atoms with van der Waals surface area (Å²) in [6.45, 7) is 2.78. The minimum atomic E-state index is -2.79. The van der Waals surface area contributed by atoms with Gasteiger partial charge >= 0.3 is 6.61 Å². The Labute approximate surface area is 139 Å². The van der Waals surface area contributed by atoms with Crippen molar-refractivity contribution < 1.29 is 23.0 Å². The van der Waals surface area contributed by atoms with Crippen LogP contribution in [0.5, 0.6) is 5.75 Å². The highest BCUT2D eigenvalue weighted by atomic mass is 19.3. The molecule has 1 aromatic heterocycles. The molecule has 24 heavy (non-hydrogen) atoms. The lowest BCUT2D eigenvalue weighted by atomic mass is 10.1. The Morgan fingerprint density at radius 3 is 2.62 bits per heavy atom. The van der Waals surface area contributed by atoms with E-state index >= 15 is 0 Å². The topological polar surface area (TPSA) is 68.4 Å². The Morgan fingerprint density at radius 2 is 2.04 bits per heavy atom. The van der Waals surface area contributed by atoms with E-state index in [9.17, 15) is 18.4 Å². The van der Waals surface area contributed by atoms with E-state index in [0.717, 1.165) is 5.57 Å². The molecule has 134 valence electrons. The number of aromatic nitrogens is 1. The number of H-pyrrole nitrogens is 1. The summed E-state index contributed by atoms with van der Waals surface area (Å²) in [6.07, 6.45) is 2.23. The van der Waals surface area contributed by atoms with Gasteiger partial charge in [-0.15, -0.1) is 0 Å². The SMILES string of the molecule is C=C(CCOC(F)F)CCc1cc(=O)c(OC)c(C(=O)CCC)[nH]1. The van der Waals surface area contributed by atoms with Crippen LogP contribution in [0.4, 0.5) is 8.78 Å². The van der Waals surface area contributed by atoms with E-state index in [1.54, 1.807) is 0 Å². The van der Waals surface area contributed by atoms with Crippen molar-refractivity contribution in [2.75, 3.05) is 13.7 Å². The summed E-state index contributed by atoms with van der Waals surface area (Å²) >= 11 is 0. The highest BCUT2D eigenvalue weighted by molar-refractivity contribution is 5.96. The van der Waals surface area contributed by atoms with Crippen molar-refractivity contribution in [1.29, 1.82) is 0 Å². The summed E-state index contributed by atoms with van der Waals surface area (Å²) in [4.78, 5) is 27.1. The first-order chi connectivity index (χ1) is 11.4. The van der Waals surface area contributed by atoms with E-state index in [4.69, 9.17) is 4.74 Å². The zero-order valence-corrected chi connectivity index (χ0v) is 14.0. The summed E-state index contributed by atoms with van der Waals surface area (Å²) in [5.74, 6) is -0.168. The molecule has 0 aliphatic carbocycles. The van der Waals surface area contributed by atoms with Gasteiger partial charge in [-0.25, -0.2) is 0 Å². The number of alkyl halides is 2. The van der Waals surface area contributed by atoms with E-state index in [-0.39, 0.29) is 29.3 Å². The van der Waals surface area contributed by atoms with Crippen LogP contribution in [-0.2, 0) is 11.2 Å². The zero-order chi connectivity index (χ0) is 18.1. The van der Waals surface area contributed by atoms with Crippen molar-refractivity contribution in [2.24, 2.45) is 0 Å². The van der Waals surface area contributed by atoms with Crippen molar-refractivity contribution in [1.82, 2.24) is 4.98 Å². The maximum atomic E-state index is 12.1. The van der Waals surface area contributed by atoms with Crippen LogP contribution in [-0.4, -0.2) is 31.1 Å². The maximum Gasteiger partial charge on any atom is 0.345 e. The molecule has 0 atom stereocenters. The first kappa shape index (κ1) is 20.0. The fraction of sp³-hybridized carbons (Fsp3) is 0.529. The average molecular weight is 343 g/mol. The second kappa shape index (κ2) is 9.97. The van der Waals surface area contributed by atoms with Crippen LogP contribution >= 0.6 is 0 Å². The Bertz CT molecular complexity index is 626. The predicted molar refractivity (Wildman–Crippen MR) is 86.9 cm³/mol. The molecule has 1 heterocycles. The lowest BCUT2D eigenvalue weighted by Gasteiger charge is -2.11. The van der Waals surface area contributed by atoms with Crippen LogP contribution in [0.2, 0.25) is 0 Å². The number of aryl methyl sites for hydroxylation is 1. The van der Waals surface area contributed by atoms with Crippen LogP contribution in [0.25, 0.3) is 0 Å². The van der Waals surface area contributed by atoms with Gasteiger partial charge in [0.15, 0.2) is 11.5 Å². The number of hydrogen-bond donors (Lipinski definition) is 1. The van der Waals surface area contributed by atoms with Crippen LogP contribution in [0.3, 0.4) is 0 Å². The smallest absolute Gasteiger partial charge is 0.345 e. The third kappa shape index (κ3) is 6.23. The van der Waals surface area contributed by atoms with Gasteiger partial charge in [0.05, 0.1) is 13.7 Å². The van der Waals surface area contributed by atoms with Crippen molar-refractivity contribution in [3.05, 3.63) is 39.8 Å². The summed E-state index contributed by atoms with van der Waals surface area (Å²) in [6, 6.07) is 1.38. The summed E-state index contributed by atoms with van der Waals surface area (Å²) < 4.78 is 33.0. The molecule has 5 nitrogen and oxygen atoms in total. The Balaban J connectivity index is 2.77. The minimum Gasteiger partial charge on any atom is -0.491 e. The molecule has 0 saturated carbocycles. The van der Waals surface area contributed by atoms with Gasteiger partial charge in [0.1, 0.15) is 5.69 Å². The highest BCUT2D eigenvalue weighted by Gasteiger charge is 2.16. The van der Waals surface area contributed by atoms with Crippen LogP contribution < -0.4 is 10.2 Å². The fourth-order valence-electron chi connectivity index (χ4n) is 2.21. The van der Waals surface area contributed by atoms with E-state index < -0.39 is 6.61 Å². The molecule has 1 rings (SSSR count). The first-order valence-electron chi connectivity index (χ1n) is 7.78. The van der Waals surface area contributed by atoms with Gasteiger partial charge < -0.3 is 14.5 Å². The number of carbonyl (C=O) groups is 1. The zero-order valence-electron chi connectivity index (χ0n) is 14.0. The third-order valence-electron chi connectivity index (χ3n) is 3.45. The number of aromatic amines is 1. The van der Waals surface area contributed by atoms with Gasteiger partial charge in [-0.05, 0) is 25.7 Å². The second-order valence-corrected chi connectivity index (χ2v) is 5.37. The van der Waals surface area contributed by atoms with E-state index in [1.807, 2.05) is 6.92 Å². The molecular formula is C17H23F2NO4. The molecule has 0 aliphatic heterocycles. The number of pyridine rings is 1. The standard InChI is InChI=1S/C17H23F2NO4/c1-4-5-13(21)15-16(23-3)14(22)10-12(20-15)7-6-11(2)8-9-24-17(18)19/h10,17H,2,4-9H2,1,3H3,(H,20,22). The van der Waals surface area contributed by atoms with Gasteiger partial charge in [-0.2, -0.15) is 8.78 Å². The van der Waals surface area contributed by atoms with E-state index in [1.165, 1.54) is 13.2 Å². The van der Waals surface area contributed by atoms with Gasteiger partial charge in [0.25, 0.3) is 0 Å². The lowest BCUT2D eigenvalue weighted by molar-refractivity contribution is -0.127. The number of carbonyl (C=O) groups excluding carboxylic acids is 1.